The van der Waals surface area contributed by atoms with E-state index in [1.54, 1.807) is 26.0 Å². The third kappa shape index (κ3) is 21.5. The molecule has 0 radical (unpaired) electrons. The van der Waals surface area contributed by atoms with Gasteiger partial charge in [-0.15, -0.1) is 0 Å². The van der Waals surface area contributed by atoms with E-state index in [1.807, 2.05) is 182 Å². The van der Waals surface area contributed by atoms with E-state index in [2.05, 4.69) is 4.72 Å². The average molecular weight is 1680 g/mol. The van der Waals surface area contributed by atoms with Crippen LogP contribution in [-0.4, -0.2) is 260 Å². The van der Waals surface area contributed by atoms with Gasteiger partial charge in [0.1, 0.15) is 110 Å². The molecule has 30 nitrogen and oxygen atoms in total. The largest absolute Gasteiger partial charge is 0.509 e. The molecule has 11 unspecified atom stereocenters. The van der Waals surface area contributed by atoms with Gasteiger partial charge < -0.3 is 125 Å². The number of hydrogen-bond acceptors (Lipinski definition) is 29. The number of hydrogen-bond donors (Lipinski definition) is 5. The number of nitrogens with one attached hydrogen (secondary N) is 1. The van der Waals surface area contributed by atoms with Crippen molar-refractivity contribution in [3.8, 4) is 0 Å². The van der Waals surface area contributed by atoms with Crippen molar-refractivity contribution < 1.29 is 138 Å². The van der Waals surface area contributed by atoms with Crippen LogP contribution < -0.4 is 4.72 Å². The van der Waals surface area contributed by atoms with Gasteiger partial charge in [0.25, 0.3) is 0 Å². The number of carbonyl (C=O) groups is 1. The summed E-state index contributed by atoms with van der Waals surface area (Å²) in [5, 5.41) is 20.4. The Morgan fingerprint density at radius 1 is 0.353 bits per heavy atom. The molecule has 0 saturated carbocycles. The van der Waals surface area contributed by atoms with Gasteiger partial charge in [0.2, 0.25) is 15.7 Å². The second-order valence-electron chi connectivity index (χ2n) is 29.8. The second-order valence-corrected chi connectivity index (χ2v) is 31.5. The first-order chi connectivity index (χ1) is 60.2. The standard InChI is InChI=1S/C88H105NO29S/c1-53-68(101-47-55-27-13-6-14-28-55)75(103-49-57-31-17-8-18-32-57)80(105-51-59-35-21-10-22-36-59)85(107-53)113-72-65(45-92)109-83(115-77-71(98-4)64(44-91)110-84(79(77)99-5)112-70-62(97-3)41-42-100-63(70)43-90)67(89-119(95,96)61-39-25-12-26-40-61)74(72)114-87-82(78-73(66(46-93)111-87)117-88(94)118-78)116-86-81(106-52-60-37-23-11-24-38-60)76(104-50-58-33-19-9-20-34-58)69(54(2)108-86)102-48-56-29-15-7-16-30-56/h6-42,53-54,62-87,89-93H,43-52H2,1-5H3/t53-,54?,62+,63?,64?,65?,66?,67?,68+,69+,70-,71-,72+,73-,74+,75?,76-,77-,78-,79?,80?,81?,82?,83-,84-,85-,86-,87-/m0/s1/i90T,91T,92T,93T. The van der Waals surface area contributed by atoms with Gasteiger partial charge in [0, 0.05) is 21.3 Å². The van der Waals surface area contributed by atoms with Gasteiger partial charge in [-0.2, -0.15) is 0 Å². The van der Waals surface area contributed by atoms with Crippen molar-refractivity contribution >= 4 is 16.2 Å². The maximum absolute atomic E-state index is 16.0. The summed E-state index contributed by atoms with van der Waals surface area (Å²) in [6, 6.07) is 62.2. The molecule has 7 aliphatic rings. The first-order valence-corrected chi connectivity index (χ1v) is 41.3. The van der Waals surface area contributed by atoms with Gasteiger partial charge in [-0.05, 0) is 65.4 Å². The molecule has 7 aromatic carbocycles. The Hall–Kier alpha value is -7.66. The minimum atomic E-state index is -4.91. The van der Waals surface area contributed by atoms with Crippen molar-refractivity contribution in [1.29, 1.82) is 5.72 Å². The van der Waals surface area contributed by atoms with Crippen LogP contribution in [0, 0.1) is 0 Å². The normalized spacial score (nSPS) is 34.4. The van der Waals surface area contributed by atoms with Crippen LogP contribution in [0.4, 0.5) is 4.79 Å². The van der Waals surface area contributed by atoms with E-state index < -0.39 is 208 Å². The Bertz CT molecular complexity index is 4420. The summed E-state index contributed by atoms with van der Waals surface area (Å²) in [6.45, 7) is 1.59. The Balaban J connectivity index is 0.929. The molecule has 28 atom stereocenters. The molecule has 6 fully saturated rings. The number of sulfonamides is 1. The maximum Gasteiger partial charge on any atom is 0.509 e. The lowest BCUT2D eigenvalue weighted by molar-refractivity contribution is -0.400. The van der Waals surface area contributed by atoms with Gasteiger partial charge in [-0.25, -0.2) is 17.9 Å². The van der Waals surface area contributed by atoms with E-state index in [0.717, 1.165) is 33.4 Å². The molecule has 0 aliphatic carbocycles. The number of aliphatic hydroxyl groups excluding tert-OH is 4. The number of ether oxygens (including phenoxy) is 22. The summed E-state index contributed by atoms with van der Waals surface area (Å²) < 4.78 is 218. The quantitative estimate of drug-likeness (QED) is 0.0235. The van der Waals surface area contributed by atoms with Crippen LogP contribution in [0.15, 0.2) is 230 Å². The lowest BCUT2D eigenvalue weighted by Crippen LogP contribution is -2.71. The highest BCUT2D eigenvalue weighted by Gasteiger charge is 2.63. The molecule has 0 spiro atoms. The minimum Gasteiger partial charge on any atom is -0.493 e. The maximum atomic E-state index is 16.0. The van der Waals surface area contributed by atoms with E-state index >= 15 is 8.42 Å². The van der Waals surface area contributed by atoms with Gasteiger partial charge in [-0.1, -0.05) is 200 Å². The topological polar surface area (TPSA) is 347 Å². The lowest BCUT2D eigenvalue weighted by atomic mass is 9.93. The lowest BCUT2D eigenvalue weighted by Gasteiger charge is -2.53. The van der Waals surface area contributed by atoms with E-state index in [0.29, 0.717) is 0 Å². The highest BCUT2D eigenvalue weighted by Crippen LogP contribution is 2.43. The molecule has 7 aromatic rings. The summed E-state index contributed by atoms with van der Waals surface area (Å²) in [5.41, 5.74) is 4.77. The molecule has 642 valence electrons. The van der Waals surface area contributed by atoms with Crippen molar-refractivity contribution in [2.45, 2.75) is 230 Å². The van der Waals surface area contributed by atoms with Gasteiger partial charge in [0.05, 0.1) is 89.4 Å². The van der Waals surface area contributed by atoms with E-state index in [9.17, 15) is 4.79 Å². The Kier molecular flexibility index (Phi) is 29.3. The van der Waals surface area contributed by atoms with Crippen LogP contribution in [-0.2, 0) is 154 Å². The average Bonchev–Trinajstić information content (AvgIpc) is 1.73. The SMILES string of the molecule is [3H]OCC1O[C@@H](O[C@@H]2C(OC)[C@H](O[C@@H]3C(CO[3H])OC=C[C@H]3OC)OC(CO[3H])[C@@H]2OC)C(NS(=O)(=O)c2ccccc2)[C@@H](O[C@@H]2OC(CO[3H])[C@@H]3OC(=O)O[C@@H]3C2O[C@@H]2OC(C)[C@@H](OCc3ccccc3)[C@H](OCc3ccccc3)C2OCc2ccccc2)[C@@H]1O[C@@H]1O[C@@H](C)[C@@H](OCc2ccccc2)C(OCc2ccccc2)C1OCc1ccccc1. The molecule has 119 heavy (non-hydrogen) atoms. The summed E-state index contributed by atoms with van der Waals surface area (Å²) >= 11 is 0. The van der Waals surface area contributed by atoms with Gasteiger partial charge >= 0.3 is 6.16 Å². The molecule has 0 bridgehead atoms. The van der Waals surface area contributed by atoms with Gasteiger partial charge in [0.15, 0.2) is 49.8 Å². The van der Waals surface area contributed by atoms with Crippen LogP contribution in [0.25, 0.3) is 0 Å². The van der Waals surface area contributed by atoms with E-state index in [1.165, 1.54) is 51.9 Å². The summed E-state index contributed by atoms with van der Waals surface area (Å²) in [7, 11) is -0.803. The number of rotatable bonds is 42. The molecule has 0 aromatic heterocycles. The smallest absolute Gasteiger partial charge is 0.493 e. The van der Waals surface area contributed by atoms with Crippen molar-refractivity contribution in [2.24, 2.45) is 0 Å². The molecular formula is C88H105NO29S. The molecule has 0 amide bonds. The fraction of sp³-hybridized carbons (Fsp3) is 0.489. The van der Waals surface area contributed by atoms with Crippen LogP contribution >= 0.6 is 0 Å². The van der Waals surface area contributed by atoms with Crippen molar-refractivity contribution in [3.05, 3.63) is 258 Å². The zero-order valence-electron chi connectivity index (χ0n) is 70.3. The van der Waals surface area contributed by atoms with Crippen LogP contribution in [0.3, 0.4) is 0 Å². The van der Waals surface area contributed by atoms with E-state index in [-0.39, 0.29) is 51.1 Å². The van der Waals surface area contributed by atoms with E-state index in [4.69, 9.17) is 130 Å². The third-order valence-electron chi connectivity index (χ3n) is 21.9. The van der Waals surface area contributed by atoms with Crippen LogP contribution in [0.5, 0.6) is 0 Å². The fourth-order valence-corrected chi connectivity index (χ4v) is 17.2. The predicted octanol–water partition coefficient (Wildman–Crippen LogP) is 7.27. The molecular weight excluding hydrogens is 1570 g/mol. The predicted molar refractivity (Wildman–Crippen MR) is 420 cm³/mol. The Labute approximate surface area is 697 Å². The molecule has 7 aliphatic heterocycles. The minimum absolute atomic E-state index is 0.0245. The summed E-state index contributed by atoms with van der Waals surface area (Å²) in [4.78, 5) is 13.9. The number of methoxy groups -OCH3 is 3. The second kappa shape index (κ2) is 42.4. The number of aliphatic hydroxyl groups is 4. The zero-order chi connectivity index (χ0) is 85.6. The first kappa shape index (κ1) is 82.3. The number of fused-ring (bicyclic) bond motifs is 1. The van der Waals surface area contributed by atoms with Crippen molar-refractivity contribution in [3.63, 3.8) is 0 Å². The van der Waals surface area contributed by atoms with Crippen molar-refractivity contribution in [2.75, 3.05) is 47.8 Å². The molecule has 14 rings (SSSR count). The van der Waals surface area contributed by atoms with Crippen LogP contribution in [0.1, 0.15) is 47.2 Å². The Morgan fingerprint density at radius 3 is 1.16 bits per heavy atom. The number of benzene rings is 7. The summed E-state index contributed by atoms with van der Waals surface area (Å²) in [5.74, 6) is 0. The monoisotopic (exact) mass is 1680 g/mol. The first-order valence-electron chi connectivity index (χ1n) is 41.4. The zero-order valence-corrected chi connectivity index (χ0v) is 67.2. The molecule has 7 heterocycles. The van der Waals surface area contributed by atoms with Gasteiger partial charge in [-0.3, -0.25) is 0 Å². The molecule has 5 N–H and O–H groups in total. The Morgan fingerprint density at radius 2 is 0.706 bits per heavy atom. The third-order valence-corrected chi connectivity index (χ3v) is 23.4. The molecule has 6 saturated heterocycles. The molecule has 31 heteroatoms. The van der Waals surface area contributed by atoms with Crippen LogP contribution in [0.2, 0.25) is 0 Å². The van der Waals surface area contributed by atoms with Crippen molar-refractivity contribution in [1.82, 2.24) is 4.72 Å². The highest BCUT2D eigenvalue weighted by atomic mass is 32.2. The fourth-order valence-electron chi connectivity index (χ4n) is 15.9. The number of carbonyl (C=O) groups excluding carboxylic acids is 1. The summed E-state index contributed by atoms with van der Waals surface area (Å²) in [6.07, 6.45) is -35.4. The highest BCUT2D eigenvalue weighted by molar-refractivity contribution is 7.89.